The van der Waals surface area contributed by atoms with Gasteiger partial charge in [-0.1, -0.05) is 25.5 Å². The second-order valence-corrected chi connectivity index (χ2v) is 7.14. The highest BCUT2D eigenvalue weighted by Gasteiger charge is 2.16. The lowest BCUT2D eigenvalue weighted by atomic mass is 10.1. The number of anilines is 1. The van der Waals surface area contributed by atoms with Crippen LogP contribution >= 0.6 is 11.3 Å². The largest absolute Gasteiger partial charge is 0.391 e. The minimum Gasteiger partial charge on any atom is -0.391 e. The molecule has 0 bridgehead atoms. The molecule has 1 aromatic carbocycles. The van der Waals surface area contributed by atoms with Crippen LogP contribution in [0.4, 0.5) is 5.69 Å². The van der Waals surface area contributed by atoms with E-state index in [1.54, 1.807) is 12.1 Å². The average Bonchev–Trinajstić information content (AvgIpc) is 2.91. The van der Waals surface area contributed by atoms with Gasteiger partial charge < -0.3 is 5.11 Å². The Balaban J connectivity index is 2.15. The van der Waals surface area contributed by atoms with E-state index in [0.29, 0.717) is 10.6 Å². The predicted molar refractivity (Wildman–Crippen MR) is 81.5 cm³/mol. The number of sulfonamides is 1. The Morgan fingerprint density at radius 1 is 1.25 bits per heavy atom. The minimum atomic E-state index is -3.58. The summed E-state index contributed by atoms with van der Waals surface area (Å²) >= 11 is 1.23. The molecule has 0 aliphatic rings. The molecule has 0 aliphatic carbocycles. The highest BCUT2D eigenvalue weighted by molar-refractivity contribution is 7.92. The highest BCUT2D eigenvalue weighted by Crippen LogP contribution is 2.22. The van der Waals surface area contributed by atoms with E-state index < -0.39 is 10.0 Å². The van der Waals surface area contributed by atoms with Crippen LogP contribution in [-0.4, -0.2) is 13.5 Å². The molecular formula is C14H17NO3S2. The number of nitrogens with one attached hydrogen (secondary N) is 1. The van der Waals surface area contributed by atoms with Crippen molar-refractivity contribution >= 4 is 27.0 Å². The summed E-state index contributed by atoms with van der Waals surface area (Å²) in [5.74, 6) is 0. The summed E-state index contributed by atoms with van der Waals surface area (Å²) < 4.78 is 26.8. The molecule has 6 heteroatoms. The fourth-order valence-corrected chi connectivity index (χ4v) is 4.02. The summed E-state index contributed by atoms with van der Waals surface area (Å²) in [7, 11) is -3.58. The lowest BCUT2D eigenvalue weighted by Gasteiger charge is -2.07. The summed E-state index contributed by atoms with van der Waals surface area (Å²) in [5.41, 5.74) is 1.73. The number of aliphatic hydroxyl groups excluding tert-OH is 1. The number of rotatable bonds is 6. The van der Waals surface area contributed by atoms with Gasteiger partial charge in [0.2, 0.25) is 0 Å². The molecule has 2 aromatic rings. The molecule has 1 heterocycles. The zero-order chi connectivity index (χ0) is 14.6. The Hall–Kier alpha value is -1.37. The molecule has 0 atom stereocenters. The van der Waals surface area contributed by atoms with Gasteiger partial charge in [0.05, 0.1) is 11.5 Å². The summed E-state index contributed by atoms with van der Waals surface area (Å²) in [6, 6.07) is 8.87. The Labute approximate surface area is 123 Å². The molecule has 0 saturated heterocycles. The maximum atomic E-state index is 12.2. The van der Waals surface area contributed by atoms with Crippen molar-refractivity contribution in [3.8, 4) is 0 Å². The first-order valence-corrected chi connectivity index (χ1v) is 8.71. The van der Waals surface area contributed by atoms with Crippen LogP contribution in [-0.2, 0) is 23.1 Å². The van der Waals surface area contributed by atoms with Crippen molar-refractivity contribution in [3.05, 3.63) is 46.2 Å². The maximum Gasteiger partial charge on any atom is 0.262 e. The standard InChI is InChI=1S/C14H17NO3S2/c1-2-3-11-4-6-12(7-5-11)15-20(17,18)14-8-13(9-16)19-10-14/h4-8,10,15-16H,2-3,9H2,1H3. The molecule has 2 rings (SSSR count). The smallest absolute Gasteiger partial charge is 0.262 e. The first-order chi connectivity index (χ1) is 9.55. The van der Waals surface area contributed by atoms with E-state index in [2.05, 4.69) is 11.6 Å². The van der Waals surface area contributed by atoms with Crippen LogP contribution in [0.25, 0.3) is 0 Å². The summed E-state index contributed by atoms with van der Waals surface area (Å²) in [4.78, 5) is 0.813. The SMILES string of the molecule is CCCc1ccc(NS(=O)(=O)c2csc(CO)c2)cc1. The van der Waals surface area contributed by atoms with Crippen molar-refractivity contribution in [2.24, 2.45) is 0 Å². The van der Waals surface area contributed by atoms with Crippen LogP contribution in [0.5, 0.6) is 0 Å². The monoisotopic (exact) mass is 311 g/mol. The van der Waals surface area contributed by atoms with Gasteiger partial charge in [0.25, 0.3) is 10.0 Å². The van der Waals surface area contributed by atoms with Crippen LogP contribution in [0, 0.1) is 0 Å². The van der Waals surface area contributed by atoms with Crippen molar-refractivity contribution in [1.29, 1.82) is 0 Å². The lowest BCUT2D eigenvalue weighted by molar-refractivity contribution is 0.285. The first kappa shape index (κ1) is 15.0. The topological polar surface area (TPSA) is 66.4 Å². The second-order valence-electron chi connectivity index (χ2n) is 4.46. The van der Waals surface area contributed by atoms with Crippen molar-refractivity contribution in [2.45, 2.75) is 31.3 Å². The number of hydrogen-bond acceptors (Lipinski definition) is 4. The van der Waals surface area contributed by atoms with Crippen molar-refractivity contribution < 1.29 is 13.5 Å². The Kier molecular flexibility index (Phi) is 4.80. The Morgan fingerprint density at radius 3 is 2.50 bits per heavy atom. The summed E-state index contributed by atoms with van der Waals surface area (Å²) in [5, 5.41) is 10.5. The fraction of sp³-hybridized carbons (Fsp3) is 0.286. The first-order valence-electron chi connectivity index (χ1n) is 6.35. The van der Waals surface area contributed by atoms with Gasteiger partial charge in [0.15, 0.2) is 0 Å². The summed E-state index contributed by atoms with van der Waals surface area (Å²) in [6.07, 6.45) is 2.04. The molecule has 0 aliphatic heterocycles. The van der Waals surface area contributed by atoms with E-state index in [0.717, 1.165) is 12.8 Å². The molecule has 0 fully saturated rings. The van der Waals surface area contributed by atoms with Crippen LogP contribution in [0.2, 0.25) is 0 Å². The predicted octanol–water partition coefficient (Wildman–Crippen LogP) is 2.99. The number of benzene rings is 1. The average molecular weight is 311 g/mol. The zero-order valence-electron chi connectivity index (χ0n) is 11.2. The van der Waals surface area contributed by atoms with Crippen LogP contribution < -0.4 is 4.72 Å². The molecule has 0 spiro atoms. The molecule has 0 saturated carbocycles. The van der Waals surface area contributed by atoms with Gasteiger partial charge >= 0.3 is 0 Å². The van der Waals surface area contributed by atoms with E-state index >= 15 is 0 Å². The number of hydrogen-bond donors (Lipinski definition) is 2. The molecule has 108 valence electrons. The van der Waals surface area contributed by atoms with Gasteiger partial charge in [-0.15, -0.1) is 11.3 Å². The van der Waals surface area contributed by atoms with E-state index in [-0.39, 0.29) is 11.5 Å². The third-order valence-corrected chi connectivity index (χ3v) is 5.27. The van der Waals surface area contributed by atoms with Gasteiger partial charge in [0, 0.05) is 15.9 Å². The van der Waals surface area contributed by atoms with Gasteiger partial charge in [-0.3, -0.25) is 4.72 Å². The molecule has 4 nitrogen and oxygen atoms in total. The second kappa shape index (κ2) is 6.39. The third kappa shape index (κ3) is 3.59. The molecule has 1 aromatic heterocycles. The highest BCUT2D eigenvalue weighted by atomic mass is 32.2. The third-order valence-electron chi connectivity index (χ3n) is 2.84. The minimum absolute atomic E-state index is 0.147. The summed E-state index contributed by atoms with van der Waals surface area (Å²) in [6.45, 7) is 1.96. The molecule has 2 N–H and O–H groups in total. The Bertz CT molecular complexity index is 660. The van der Waals surface area contributed by atoms with Crippen molar-refractivity contribution in [1.82, 2.24) is 0 Å². The quantitative estimate of drug-likeness (QED) is 0.862. The van der Waals surface area contributed by atoms with Crippen LogP contribution in [0.1, 0.15) is 23.8 Å². The van der Waals surface area contributed by atoms with Gasteiger partial charge in [-0.2, -0.15) is 0 Å². The molecular weight excluding hydrogens is 294 g/mol. The van der Waals surface area contributed by atoms with Gasteiger partial charge in [0.1, 0.15) is 0 Å². The van der Waals surface area contributed by atoms with E-state index in [1.165, 1.54) is 28.3 Å². The van der Waals surface area contributed by atoms with E-state index in [1.807, 2.05) is 12.1 Å². The van der Waals surface area contributed by atoms with Crippen LogP contribution in [0.3, 0.4) is 0 Å². The van der Waals surface area contributed by atoms with Crippen molar-refractivity contribution in [2.75, 3.05) is 4.72 Å². The number of aryl methyl sites for hydroxylation is 1. The van der Waals surface area contributed by atoms with Crippen molar-refractivity contribution in [3.63, 3.8) is 0 Å². The molecule has 0 amide bonds. The molecule has 0 radical (unpaired) electrons. The van der Waals surface area contributed by atoms with Gasteiger partial charge in [-0.05, 0) is 30.2 Å². The maximum absolute atomic E-state index is 12.2. The molecule has 20 heavy (non-hydrogen) atoms. The number of thiophene rings is 1. The zero-order valence-corrected chi connectivity index (χ0v) is 12.8. The number of aliphatic hydroxyl groups is 1. The van der Waals surface area contributed by atoms with E-state index in [9.17, 15) is 8.42 Å². The lowest BCUT2D eigenvalue weighted by Crippen LogP contribution is -2.12. The Morgan fingerprint density at radius 2 is 1.95 bits per heavy atom. The normalized spacial score (nSPS) is 11.5. The van der Waals surface area contributed by atoms with Gasteiger partial charge in [-0.25, -0.2) is 8.42 Å². The molecule has 0 unspecified atom stereocenters. The van der Waals surface area contributed by atoms with Crippen LogP contribution in [0.15, 0.2) is 40.6 Å². The fourth-order valence-electron chi connectivity index (χ4n) is 1.83. The van der Waals surface area contributed by atoms with E-state index in [4.69, 9.17) is 5.11 Å².